The zero-order valence-corrected chi connectivity index (χ0v) is 11.7. The fourth-order valence-corrected chi connectivity index (χ4v) is 3.99. The minimum atomic E-state index is 0.507. The topological polar surface area (TPSA) is 38.0 Å². The normalized spacial score (nSPS) is 21.2. The molecular formula is C13H28N2S. The molecule has 1 aliphatic carbocycles. The highest BCUT2D eigenvalue weighted by molar-refractivity contribution is 7.99. The Morgan fingerprint density at radius 1 is 1.38 bits per heavy atom. The lowest BCUT2D eigenvalue weighted by Crippen LogP contribution is -2.38. The third-order valence-electron chi connectivity index (χ3n) is 3.54. The van der Waals surface area contributed by atoms with E-state index in [9.17, 15) is 0 Å². The molecule has 1 fully saturated rings. The Morgan fingerprint density at radius 3 is 2.62 bits per heavy atom. The summed E-state index contributed by atoms with van der Waals surface area (Å²) in [6, 6.07) is 0.507. The summed E-state index contributed by atoms with van der Waals surface area (Å²) in [7, 11) is 0. The van der Waals surface area contributed by atoms with Crippen LogP contribution >= 0.6 is 11.8 Å². The second-order valence-electron chi connectivity index (χ2n) is 5.23. The molecule has 96 valence electrons. The van der Waals surface area contributed by atoms with Gasteiger partial charge < -0.3 is 0 Å². The Bertz CT molecular complexity index is 169. The molecule has 1 aliphatic rings. The van der Waals surface area contributed by atoms with Gasteiger partial charge in [0.05, 0.1) is 0 Å². The molecule has 0 amide bonds. The minimum Gasteiger partial charge on any atom is -0.271 e. The summed E-state index contributed by atoms with van der Waals surface area (Å²) in [6.07, 6.45) is 9.55. The molecule has 2 nitrogen and oxygen atoms in total. The van der Waals surface area contributed by atoms with Gasteiger partial charge in [0, 0.05) is 17.0 Å². The number of nitrogens with one attached hydrogen (secondary N) is 1. The Balaban J connectivity index is 2.14. The molecule has 0 saturated heterocycles. The van der Waals surface area contributed by atoms with Crippen LogP contribution in [-0.4, -0.2) is 17.0 Å². The molecule has 2 unspecified atom stereocenters. The van der Waals surface area contributed by atoms with Gasteiger partial charge in [-0.3, -0.25) is 11.3 Å². The average Bonchev–Trinajstić information content (AvgIpc) is 2.77. The highest BCUT2D eigenvalue weighted by atomic mass is 32.2. The fraction of sp³-hybridized carbons (Fsp3) is 1.00. The van der Waals surface area contributed by atoms with E-state index in [0.717, 1.165) is 11.2 Å². The minimum absolute atomic E-state index is 0.507. The predicted octanol–water partition coefficient (Wildman–Crippen LogP) is 3.32. The van der Waals surface area contributed by atoms with Gasteiger partial charge in [-0.05, 0) is 25.2 Å². The molecule has 0 aliphatic heterocycles. The van der Waals surface area contributed by atoms with Gasteiger partial charge in [-0.15, -0.1) is 0 Å². The van der Waals surface area contributed by atoms with Crippen molar-refractivity contribution in [1.29, 1.82) is 0 Å². The van der Waals surface area contributed by atoms with Crippen LogP contribution in [0.4, 0.5) is 0 Å². The maximum Gasteiger partial charge on any atom is 0.0303 e. The van der Waals surface area contributed by atoms with Gasteiger partial charge >= 0.3 is 0 Å². The fourth-order valence-electron chi connectivity index (χ4n) is 2.59. The lowest BCUT2D eigenvalue weighted by molar-refractivity contribution is 0.408. The van der Waals surface area contributed by atoms with E-state index in [1.165, 1.54) is 50.7 Å². The highest BCUT2D eigenvalue weighted by Crippen LogP contribution is 2.30. The third-order valence-corrected chi connectivity index (χ3v) is 5.08. The number of hydrogen-bond acceptors (Lipinski definition) is 3. The summed E-state index contributed by atoms with van der Waals surface area (Å²) in [5.74, 6) is 7.63. The summed E-state index contributed by atoms with van der Waals surface area (Å²) in [6.45, 7) is 4.60. The summed E-state index contributed by atoms with van der Waals surface area (Å²) >= 11 is 2.13. The van der Waals surface area contributed by atoms with Crippen LogP contribution in [0, 0.1) is 5.92 Å². The Labute approximate surface area is 105 Å². The van der Waals surface area contributed by atoms with E-state index in [2.05, 4.69) is 31.0 Å². The monoisotopic (exact) mass is 244 g/mol. The average molecular weight is 244 g/mol. The molecule has 0 aromatic rings. The summed E-state index contributed by atoms with van der Waals surface area (Å²) in [4.78, 5) is 0. The Hall–Kier alpha value is 0.270. The maximum atomic E-state index is 5.64. The standard InChI is InChI=1S/C13H28N2S/c1-3-6-11(2)9-12(15-14)10-16-13-7-4-5-8-13/h11-13,15H,3-10,14H2,1-2H3. The number of hydrazine groups is 1. The number of nitrogens with two attached hydrogens (primary N) is 1. The van der Waals surface area contributed by atoms with Crippen molar-refractivity contribution in [3.63, 3.8) is 0 Å². The van der Waals surface area contributed by atoms with Crippen LogP contribution in [0.2, 0.25) is 0 Å². The van der Waals surface area contributed by atoms with Crippen molar-refractivity contribution >= 4 is 11.8 Å². The molecule has 0 heterocycles. The van der Waals surface area contributed by atoms with Crippen LogP contribution in [0.15, 0.2) is 0 Å². The van der Waals surface area contributed by atoms with Gasteiger partial charge in [-0.25, -0.2) is 0 Å². The molecular weight excluding hydrogens is 216 g/mol. The lowest BCUT2D eigenvalue weighted by Gasteiger charge is -2.21. The molecule has 0 bridgehead atoms. The van der Waals surface area contributed by atoms with Gasteiger partial charge in [0.2, 0.25) is 0 Å². The van der Waals surface area contributed by atoms with E-state index < -0.39 is 0 Å². The highest BCUT2D eigenvalue weighted by Gasteiger charge is 2.18. The van der Waals surface area contributed by atoms with Crippen molar-refractivity contribution in [3.05, 3.63) is 0 Å². The third kappa shape index (κ3) is 5.55. The molecule has 0 aromatic heterocycles. The van der Waals surface area contributed by atoms with Crippen molar-refractivity contribution in [2.75, 3.05) is 5.75 Å². The first-order valence-corrected chi connectivity index (χ1v) is 7.88. The predicted molar refractivity (Wildman–Crippen MR) is 74.5 cm³/mol. The number of rotatable bonds is 8. The zero-order chi connectivity index (χ0) is 11.8. The lowest BCUT2D eigenvalue weighted by atomic mass is 9.98. The molecule has 3 heteroatoms. The van der Waals surface area contributed by atoms with Gasteiger partial charge in [0.25, 0.3) is 0 Å². The first-order valence-electron chi connectivity index (χ1n) is 6.84. The van der Waals surface area contributed by atoms with E-state index in [-0.39, 0.29) is 0 Å². The van der Waals surface area contributed by atoms with Gasteiger partial charge in [-0.2, -0.15) is 11.8 Å². The van der Waals surface area contributed by atoms with Crippen molar-refractivity contribution in [1.82, 2.24) is 5.43 Å². The van der Waals surface area contributed by atoms with E-state index in [1.54, 1.807) is 0 Å². The van der Waals surface area contributed by atoms with Crippen LogP contribution in [0.3, 0.4) is 0 Å². The van der Waals surface area contributed by atoms with Crippen molar-refractivity contribution in [2.24, 2.45) is 11.8 Å². The van der Waals surface area contributed by atoms with Gasteiger partial charge in [-0.1, -0.05) is 39.5 Å². The van der Waals surface area contributed by atoms with Crippen LogP contribution in [-0.2, 0) is 0 Å². The van der Waals surface area contributed by atoms with E-state index in [1.807, 2.05) is 0 Å². The molecule has 2 atom stereocenters. The van der Waals surface area contributed by atoms with Crippen molar-refractivity contribution < 1.29 is 0 Å². The molecule has 0 spiro atoms. The first-order chi connectivity index (χ1) is 7.76. The van der Waals surface area contributed by atoms with Crippen LogP contribution < -0.4 is 11.3 Å². The first kappa shape index (κ1) is 14.3. The summed E-state index contributed by atoms with van der Waals surface area (Å²) < 4.78 is 0. The van der Waals surface area contributed by atoms with Crippen molar-refractivity contribution in [2.45, 2.75) is 70.1 Å². The second kappa shape index (κ2) is 8.37. The Morgan fingerprint density at radius 2 is 2.06 bits per heavy atom. The SMILES string of the molecule is CCCC(C)CC(CSC1CCCC1)NN. The molecule has 0 aromatic carbocycles. The van der Waals surface area contributed by atoms with Crippen LogP contribution in [0.5, 0.6) is 0 Å². The van der Waals surface area contributed by atoms with E-state index in [0.29, 0.717) is 6.04 Å². The quantitative estimate of drug-likeness (QED) is 0.508. The number of hydrogen-bond donors (Lipinski definition) is 2. The van der Waals surface area contributed by atoms with Gasteiger partial charge in [0.15, 0.2) is 0 Å². The smallest absolute Gasteiger partial charge is 0.0303 e. The Kier molecular flexibility index (Phi) is 7.50. The number of thioether (sulfide) groups is 1. The molecule has 3 N–H and O–H groups in total. The van der Waals surface area contributed by atoms with Crippen LogP contribution in [0.25, 0.3) is 0 Å². The van der Waals surface area contributed by atoms with Gasteiger partial charge in [0.1, 0.15) is 0 Å². The summed E-state index contributed by atoms with van der Waals surface area (Å²) in [5, 5.41) is 0.914. The summed E-state index contributed by atoms with van der Waals surface area (Å²) in [5.41, 5.74) is 2.99. The molecule has 1 saturated carbocycles. The second-order valence-corrected chi connectivity index (χ2v) is 6.57. The van der Waals surface area contributed by atoms with E-state index >= 15 is 0 Å². The zero-order valence-electron chi connectivity index (χ0n) is 10.9. The van der Waals surface area contributed by atoms with Crippen molar-refractivity contribution in [3.8, 4) is 0 Å². The van der Waals surface area contributed by atoms with Crippen LogP contribution in [0.1, 0.15) is 58.8 Å². The largest absolute Gasteiger partial charge is 0.271 e. The van der Waals surface area contributed by atoms with E-state index in [4.69, 9.17) is 5.84 Å². The molecule has 1 rings (SSSR count). The molecule has 0 radical (unpaired) electrons. The maximum absolute atomic E-state index is 5.64. The molecule has 16 heavy (non-hydrogen) atoms.